The van der Waals surface area contributed by atoms with Crippen LogP contribution in [0.15, 0.2) is 24.3 Å². The fraction of sp³-hybridized carbons (Fsp3) is 0.600. The summed E-state index contributed by atoms with van der Waals surface area (Å²) in [5.41, 5.74) is 0.110. The molecule has 0 aromatic heterocycles. The topological polar surface area (TPSA) is 63.6 Å². The van der Waals surface area contributed by atoms with E-state index in [2.05, 4.69) is 13.8 Å². The number of hydrogen-bond acceptors (Lipinski definition) is 3. The molecule has 0 amide bonds. The zero-order valence-corrected chi connectivity index (χ0v) is 14.9. The van der Waals surface area contributed by atoms with Crippen LogP contribution in [0.5, 0.6) is 0 Å². The van der Waals surface area contributed by atoms with Crippen molar-refractivity contribution in [2.24, 2.45) is 5.92 Å². The predicted octanol–water partition coefficient (Wildman–Crippen LogP) is 5.32. The summed E-state index contributed by atoms with van der Waals surface area (Å²) in [4.78, 5) is 23.0. The van der Waals surface area contributed by atoms with Gasteiger partial charge in [-0.25, -0.2) is 9.59 Å². The Morgan fingerprint density at radius 2 is 1.46 bits per heavy atom. The van der Waals surface area contributed by atoms with Gasteiger partial charge in [0.05, 0.1) is 17.7 Å². The summed E-state index contributed by atoms with van der Waals surface area (Å²) in [7, 11) is 0. The van der Waals surface area contributed by atoms with Crippen LogP contribution in [0.1, 0.15) is 85.9 Å². The van der Waals surface area contributed by atoms with Gasteiger partial charge in [0.1, 0.15) is 0 Å². The van der Waals surface area contributed by atoms with Crippen molar-refractivity contribution in [3.63, 3.8) is 0 Å². The molecule has 1 N–H and O–H groups in total. The van der Waals surface area contributed by atoms with Crippen molar-refractivity contribution < 1.29 is 19.4 Å². The van der Waals surface area contributed by atoms with E-state index >= 15 is 0 Å². The number of unbranched alkanes of at least 4 members (excludes halogenated alkanes) is 6. The molecule has 0 aliphatic heterocycles. The lowest BCUT2D eigenvalue weighted by atomic mass is 10.0. The highest BCUT2D eigenvalue weighted by Gasteiger charge is 2.16. The van der Waals surface area contributed by atoms with Gasteiger partial charge in [0.2, 0.25) is 0 Å². The van der Waals surface area contributed by atoms with Gasteiger partial charge in [-0.05, 0) is 24.5 Å². The lowest BCUT2D eigenvalue weighted by Gasteiger charge is -2.07. The van der Waals surface area contributed by atoms with Gasteiger partial charge >= 0.3 is 11.9 Å². The van der Waals surface area contributed by atoms with E-state index in [0.29, 0.717) is 6.61 Å². The minimum atomic E-state index is -1.11. The van der Waals surface area contributed by atoms with Gasteiger partial charge in [0.15, 0.2) is 0 Å². The van der Waals surface area contributed by atoms with Crippen LogP contribution in [-0.4, -0.2) is 23.7 Å². The molecule has 0 saturated heterocycles. The van der Waals surface area contributed by atoms with E-state index in [4.69, 9.17) is 9.84 Å². The highest BCUT2D eigenvalue weighted by Crippen LogP contribution is 2.13. The lowest BCUT2D eigenvalue weighted by Crippen LogP contribution is -2.12. The molecule has 0 spiro atoms. The van der Waals surface area contributed by atoms with Crippen LogP contribution in [0, 0.1) is 5.92 Å². The van der Waals surface area contributed by atoms with Gasteiger partial charge in [0, 0.05) is 0 Å². The van der Waals surface area contributed by atoms with Gasteiger partial charge < -0.3 is 9.84 Å². The first kappa shape index (κ1) is 20.2. The Labute approximate surface area is 145 Å². The van der Waals surface area contributed by atoms with Crippen LogP contribution in [0.3, 0.4) is 0 Å². The second kappa shape index (κ2) is 11.7. The number of carboxylic acids is 1. The third kappa shape index (κ3) is 8.14. The first-order chi connectivity index (χ1) is 11.5. The number of carbonyl (C=O) groups excluding carboxylic acids is 1. The molecule has 1 rings (SSSR count). The van der Waals surface area contributed by atoms with Crippen molar-refractivity contribution in [2.45, 2.75) is 65.2 Å². The Morgan fingerprint density at radius 3 is 2.04 bits per heavy atom. The molecule has 0 aliphatic carbocycles. The molecular formula is C20H30O4. The molecule has 1 aromatic rings. The van der Waals surface area contributed by atoms with Crippen molar-refractivity contribution in [1.82, 2.24) is 0 Å². The van der Waals surface area contributed by atoms with E-state index in [1.807, 2.05) is 0 Å². The number of rotatable bonds is 12. The van der Waals surface area contributed by atoms with Gasteiger partial charge in [0.25, 0.3) is 0 Å². The normalized spacial score (nSPS) is 10.8. The molecule has 0 radical (unpaired) electrons. The van der Waals surface area contributed by atoms with Gasteiger partial charge in [-0.1, -0.05) is 70.9 Å². The molecule has 0 aliphatic rings. The van der Waals surface area contributed by atoms with Crippen LogP contribution in [0.2, 0.25) is 0 Å². The van der Waals surface area contributed by atoms with Gasteiger partial charge in [-0.3, -0.25) is 0 Å². The van der Waals surface area contributed by atoms with Crippen LogP contribution in [0.25, 0.3) is 0 Å². The summed E-state index contributed by atoms with van der Waals surface area (Å²) >= 11 is 0. The summed E-state index contributed by atoms with van der Waals surface area (Å²) in [6, 6.07) is 6.14. The Bertz CT molecular complexity index is 508. The maximum absolute atomic E-state index is 11.9. The van der Waals surface area contributed by atoms with Crippen molar-refractivity contribution in [2.75, 3.05) is 6.61 Å². The zero-order chi connectivity index (χ0) is 17.8. The molecule has 0 saturated carbocycles. The summed E-state index contributed by atoms with van der Waals surface area (Å²) in [6.45, 7) is 4.87. The Kier molecular flexibility index (Phi) is 9.81. The first-order valence-electron chi connectivity index (χ1n) is 9.01. The summed E-state index contributed by atoms with van der Waals surface area (Å²) < 4.78 is 5.19. The number of ether oxygens (including phenoxy) is 1. The number of esters is 1. The van der Waals surface area contributed by atoms with E-state index in [1.54, 1.807) is 12.1 Å². The maximum Gasteiger partial charge on any atom is 0.339 e. The second-order valence-electron chi connectivity index (χ2n) is 6.64. The Hall–Kier alpha value is -1.84. The molecule has 0 fully saturated rings. The summed E-state index contributed by atoms with van der Waals surface area (Å²) in [5, 5.41) is 9.07. The molecule has 24 heavy (non-hydrogen) atoms. The smallest absolute Gasteiger partial charge is 0.339 e. The van der Waals surface area contributed by atoms with Crippen LogP contribution in [-0.2, 0) is 4.74 Å². The third-order valence-electron chi connectivity index (χ3n) is 4.04. The SMILES string of the molecule is CC(C)CCCCCCCCCOC(=O)c1ccccc1C(=O)O. The van der Waals surface area contributed by atoms with Crippen LogP contribution >= 0.6 is 0 Å². The molecule has 134 valence electrons. The van der Waals surface area contributed by atoms with Crippen molar-refractivity contribution in [1.29, 1.82) is 0 Å². The van der Waals surface area contributed by atoms with Crippen molar-refractivity contribution in [3.8, 4) is 0 Å². The Balaban J connectivity index is 2.11. The lowest BCUT2D eigenvalue weighted by molar-refractivity contribution is 0.0487. The third-order valence-corrected chi connectivity index (χ3v) is 4.04. The van der Waals surface area contributed by atoms with Crippen molar-refractivity contribution in [3.05, 3.63) is 35.4 Å². The van der Waals surface area contributed by atoms with E-state index in [-0.39, 0.29) is 11.1 Å². The standard InChI is InChI=1S/C20H30O4/c1-16(2)12-8-6-4-3-5-7-11-15-24-20(23)18-14-10-9-13-17(18)19(21)22/h9-10,13-14,16H,3-8,11-12,15H2,1-2H3,(H,21,22). The van der Waals surface area contributed by atoms with E-state index in [0.717, 1.165) is 25.2 Å². The number of hydrogen-bond donors (Lipinski definition) is 1. The second-order valence-corrected chi connectivity index (χ2v) is 6.64. The number of benzene rings is 1. The quantitative estimate of drug-likeness (QED) is 0.415. The van der Waals surface area contributed by atoms with E-state index in [1.165, 1.54) is 44.2 Å². The number of carboxylic acid groups (broad SMARTS) is 1. The zero-order valence-electron chi connectivity index (χ0n) is 14.9. The minimum Gasteiger partial charge on any atom is -0.478 e. The van der Waals surface area contributed by atoms with Gasteiger partial charge in [-0.2, -0.15) is 0 Å². The molecule has 4 heteroatoms. The summed E-state index contributed by atoms with van der Waals surface area (Å²) in [5.74, 6) is -0.868. The molecule has 0 atom stereocenters. The minimum absolute atomic E-state index is 0.0103. The highest BCUT2D eigenvalue weighted by molar-refractivity contribution is 6.02. The predicted molar refractivity (Wildman–Crippen MR) is 95.5 cm³/mol. The van der Waals surface area contributed by atoms with Gasteiger partial charge in [-0.15, -0.1) is 0 Å². The Morgan fingerprint density at radius 1 is 0.917 bits per heavy atom. The monoisotopic (exact) mass is 334 g/mol. The molecule has 4 nitrogen and oxygen atoms in total. The molecule has 0 bridgehead atoms. The fourth-order valence-electron chi connectivity index (χ4n) is 2.63. The molecule has 0 unspecified atom stereocenters. The fourth-order valence-corrected chi connectivity index (χ4v) is 2.63. The summed E-state index contributed by atoms with van der Waals surface area (Å²) in [6.07, 6.45) is 9.47. The van der Waals surface area contributed by atoms with Crippen LogP contribution in [0.4, 0.5) is 0 Å². The number of aromatic carboxylic acids is 1. The van der Waals surface area contributed by atoms with Crippen LogP contribution < -0.4 is 0 Å². The molecule has 1 aromatic carbocycles. The molecule has 0 heterocycles. The van der Waals surface area contributed by atoms with E-state index < -0.39 is 11.9 Å². The van der Waals surface area contributed by atoms with Crippen molar-refractivity contribution >= 4 is 11.9 Å². The number of carbonyl (C=O) groups is 2. The highest BCUT2D eigenvalue weighted by atomic mass is 16.5. The largest absolute Gasteiger partial charge is 0.478 e. The average molecular weight is 334 g/mol. The average Bonchev–Trinajstić information content (AvgIpc) is 2.56. The molecular weight excluding hydrogens is 304 g/mol. The maximum atomic E-state index is 11.9. The first-order valence-corrected chi connectivity index (χ1v) is 9.01. The van der Waals surface area contributed by atoms with E-state index in [9.17, 15) is 9.59 Å².